The lowest BCUT2D eigenvalue weighted by Gasteiger charge is -2.23. The van der Waals surface area contributed by atoms with Gasteiger partial charge in [0, 0.05) is 11.7 Å². The van der Waals surface area contributed by atoms with Crippen molar-refractivity contribution in [1.29, 1.82) is 0 Å². The Morgan fingerprint density at radius 2 is 1.93 bits per heavy atom. The molecule has 11 heteroatoms. The molecule has 0 fully saturated rings. The predicted octanol–water partition coefficient (Wildman–Crippen LogP) is 3.56. The number of nitrogens with one attached hydrogen (secondary N) is 2. The molecule has 0 spiro atoms. The number of nitrogens with zero attached hydrogens (tertiary/aromatic N) is 1. The third-order valence-corrected chi connectivity index (χ3v) is 4.30. The summed E-state index contributed by atoms with van der Waals surface area (Å²) in [5.41, 5.74) is -0.164. The van der Waals surface area contributed by atoms with E-state index in [0.717, 1.165) is 11.8 Å². The highest BCUT2D eigenvalue weighted by atomic mass is 32.2. The first-order chi connectivity index (χ1) is 13.4. The number of alkyl halides is 3. The van der Waals surface area contributed by atoms with E-state index in [1.165, 1.54) is 12.4 Å². The summed E-state index contributed by atoms with van der Waals surface area (Å²) in [5.74, 6) is -2.89. The topological polar surface area (TPSA) is 97.4 Å². The molecule has 0 aliphatic carbocycles. The van der Waals surface area contributed by atoms with Crippen molar-refractivity contribution in [2.45, 2.75) is 51.4 Å². The molecule has 0 radical (unpaired) electrons. The van der Waals surface area contributed by atoms with Gasteiger partial charge in [0.2, 0.25) is 5.78 Å². The van der Waals surface area contributed by atoms with Crippen molar-refractivity contribution < 1.29 is 32.3 Å². The molecule has 1 rings (SSSR count). The minimum Gasteiger partial charge on any atom is -0.436 e. The highest BCUT2D eigenvalue weighted by Gasteiger charge is 2.37. The molecule has 0 aliphatic rings. The Hall–Kier alpha value is -2.30. The van der Waals surface area contributed by atoms with Gasteiger partial charge in [0.1, 0.15) is 0 Å². The summed E-state index contributed by atoms with van der Waals surface area (Å²) >= 11 is 0.807. The molecule has 0 saturated heterocycles. The van der Waals surface area contributed by atoms with Crippen LogP contribution >= 0.6 is 11.8 Å². The lowest BCUT2D eigenvalue weighted by molar-refractivity contribution is -0.167. The van der Waals surface area contributed by atoms with Crippen LogP contribution in [0.2, 0.25) is 0 Å². The monoisotopic (exact) mass is 435 g/mol. The Balaban J connectivity index is 2.61. The Morgan fingerprint density at radius 3 is 2.48 bits per heavy atom. The van der Waals surface area contributed by atoms with Crippen LogP contribution in [0.4, 0.5) is 23.7 Å². The van der Waals surface area contributed by atoms with E-state index in [1.54, 1.807) is 32.9 Å². The van der Waals surface area contributed by atoms with E-state index < -0.39 is 41.4 Å². The molecule has 29 heavy (non-hydrogen) atoms. The molecule has 0 unspecified atom stereocenters. The van der Waals surface area contributed by atoms with Gasteiger partial charge in [-0.1, -0.05) is 0 Å². The molecular formula is C18H24F3N3O4S. The highest BCUT2D eigenvalue weighted by Crippen LogP contribution is 2.20. The van der Waals surface area contributed by atoms with Crippen LogP contribution in [-0.2, 0) is 14.3 Å². The van der Waals surface area contributed by atoms with Gasteiger partial charge in [0.25, 0.3) is 5.91 Å². The maximum Gasteiger partial charge on any atom is 0.450 e. The zero-order valence-corrected chi connectivity index (χ0v) is 17.2. The molecule has 0 saturated carbocycles. The van der Waals surface area contributed by atoms with Crippen LogP contribution in [0, 0.1) is 0 Å². The quantitative estimate of drug-likeness (QED) is 0.576. The van der Waals surface area contributed by atoms with Crippen LogP contribution in [-0.4, -0.2) is 52.1 Å². The number of hydrogen-bond donors (Lipinski definition) is 2. The molecule has 1 heterocycles. The summed E-state index contributed by atoms with van der Waals surface area (Å²) < 4.78 is 41.8. The number of Topliss-reactive ketones (excluding diaryl/α,β-unsaturated/α-hetero) is 1. The molecule has 162 valence electrons. The number of rotatable bonds is 9. The summed E-state index contributed by atoms with van der Waals surface area (Å²) in [7, 11) is 0. The molecule has 7 nitrogen and oxygen atoms in total. The number of ether oxygens (including phenoxy) is 1. The second kappa shape index (κ2) is 11.0. The summed E-state index contributed by atoms with van der Waals surface area (Å²) in [4.78, 5) is 39.2. The summed E-state index contributed by atoms with van der Waals surface area (Å²) in [5, 5.41) is 5.15. The molecule has 2 amide bonds. The van der Waals surface area contributed by atoms with Crippen molar-refractivity contribution in [3.63, 3.8) is 0 Å². The molecular weight excluding hydrogens is 411 g/mol. The number of alkyl carbamates (subject to hydrolysis) is 1. The molecule has 2 N–H and O–H groups in total. The highest BCUT2D eigenvalue weighted by molar-refractivity contribution is 7.99. The maximum atomic E-state index is 12.5. The normalized spacial score (nSPS) is 12.8. The zero-order valence-electron chi connectivity index (χ0n) is 16.3. The van der Waals surface area contributed by atoms with Crippen molar-refractivity contribution >= 4 is 35.2 Å². The lowest BCUT2D eigenvalue weighted by Crippen LogP contribution is -2.44. The van der Waals surface area contributed by atoms with Gasteiger partial charge in [-0.2, -0.15) is 24.9 Å². The average molecular weight is 435 g/mol. The minimum absolute atomic E-state index is 0.0802. The second-order valence-electron chi connectivity index (χ2n) is 7.12. The van der Waals surface area contributed by atoms with Gasteiger partial charge < -0.3 is 15.4 Å². The van der Waals surface area contributed by atoms with Gasteiger partial charge in [-0.25, -0.2) is 4.79 Å². The number of halogens is 3. The van der Waals surface area contributed by atoms with Crippen LogP contribution in [0.5, 0.6) is 0 Å². The summed E-state index contributed by atoms with van der Waals surface area (Å²) in [6.45, 7) is 5.23. The van der Waals surface area contributed by atoms with Gasteiger partial charge in [-0.05, 0) is 51.5 Å². The Morgan fingerprint density at radius 1 is 1.24 bits per heavy atom. The minimum atomic E-state index is -4.85. The molecule has 1 aromatic heterocycles. The van der Waals surface area contributed by atoms with Gasteiger partial charge in [-0.15, -0.1) is 0 Å². The average Bonchev–Trinajstić information content (AvgIpc) is 2.58. The third-order valence-electron chi connectivity index (χ3n) is 3.25. The van der Waals surface area contributed by atoms with Crippen LogP contribution in [0.25, 0.3) is 0 Å². The van der Waals surface area contributed by atoms with Crippen LogP contribution in [0.1, 0.15) is 33.6 Å². The number of ketones is 1. The van der Waals surface area contributed by atoms with Crippen molar-refractivity contribution in [3.05, 3.63) is 24.5 Å². The summed E-state index contributed by atoms with van der Waals surface area (Å²) in [6.07, 6.45) is -3.50. The lowest BCUT2D eigenvalue weighted by atomic mass is 10.1. The Bertz CT molecular complexity index is 694. The molecule has 1 aromatic rings. The van der Waals surface area contributed by atoms with E-state index in [2.05, 4.69) is 15.6 Å². The smallest absolute Gasteiger partial charge is 0.436 e. The van der Waals surface area contributed by atoms with Crippen molar-refractivity contribution in [2.24, 2.45) is 0 Å². The number of anilines is 1. The fourth-order valence-corrected chi connectivity index (χ4v) is 2.85. The van der Waals surface area contributed by atoms with Gasteiger partial charge in [-0.3, -0.25) is 14.6 Å². The van der Waals surface area contributed by atoms with Gasteiger partial charge in [0.05, 0.1) is 17.6 Å². The second-order valence-corrected chi connectivity index (χ2v) is 8.22. The third kappa shape index (κ3) is 10.7. The van der Waals surface area contributed by atoms with Crippen LogP contribution in [0.3, 0.4) is 0 Å². The van der Waals surface area contributed by atoms with Crippen LogP contribution < -0.4 is 10.6 Å². The van der Waals surface area contributed by atoms with Crippen molar-refractivity contribution in [2.75, 3.05) is 16.8 Å². The zero-order chi connectivity index (χ0) is 22.1. The molecule has 1 atom stereocenters. The molecule has 0 aliphatic heterocycles. The Labute approximate surface area is 171 Å². The van der Waals surface area contributed by atoms with Crippen molar-refractivity contribution in [3.8, 4) is 0 Å². The first-order valence-corrected chi connectivity index (χ1v) is 9.91. The molecule has 0 aromatic carbocycles. The maximum absolute atomic E-state index is 12.5. The van der Waals surface area contributed by atoms with Crippen molar-refractivity contribution in [1.82, 2.24) is 10.3 Å². The number of carbonyl (C=O) groups is 3. The van der Waals surface area contributed by atoms with Gasteiger partial charge >= 0.3 is 12.3 Å². The first-order valence-electron chi connectivity index (χ1n) is 8.76. The number of pyridine rings is 1. The molecule has 0 bridgehead atoms. The standard InChI is InChI=1S/C18H24F3N3O4S/c1-17(2,3)24-16(27)28-13(15(26)23-12-6-4-8-22-10-12)7-5-9-29-11-14(25)18(19,20)21/h4,6,8,10,13H,5,7,9,11H2,1-3H3,(H,23,26)(H,24,27)/t13-/m0/s1. The number of carbonyl (C=O) groups excluding carboxylic acids is 3. The fourth-order valence-electron chi connectivity index (χ4n) is 1.99. The SMILES string of the molecule is CC(C)(C)NC(=O)O[C@@H](CCCSCC(=O)C(F)(F)F)C(=O)Nc1cccnc1. The van der Waals surface area contributed by atoms with E-state index in [0.29, 0.717) is 5.69 Å². The first kappa shape index (κ1) is 24.7. The van der Waals surface area contributed by atoms with E-state index in [1.807, 2.05) is 0 Å². The number of hydrogen-bond acceptors (Lipinski definition) is 6. The summed E-state index contributed by atoms with van der Waals surface area (Å²) in [6, 6.07) is 3.22. The van der Waals surface area contributed by atoms with E-state index in [-0.39, 0.29) is 18.6 Å². The van der Waals surface area contributed by atoms with E-state index in [9.17, 15) is 27.6 Å². The Kier molecular flexibility index (Phi) is 9.41. The van der Waals surface area contributed by atoms with E-state index >= 15 is 0 Å². The van der Waals surface area contributed by atoms with E-state index in [4.69, 9.17) is 4.74 Å². The predicted molar refractivity (Wildman–Crippen MR) is 104 cm³/mol. The van der Waals surface area contributed by atoms with Crippen LogP contribution in [0.15, 0.2) is 24.5 Å². The number of thioether (sulfide) groups is 1. The van der Waals surface area contributed by atoms with Gasteiger partial charge in [0.15, 0.2) is 6.10 Å². The largest absolute Gasteiger partial charge is 0.450 e. The fraction of sp³-hybridized carbons (Fsp3) is 0.556. The number of aromatic nitrogens is 1. The number of amides is 2.